The Labute approximate surface area is 106 Å². The summed E-state index contributed by atoms with van der Waals surface area (Å²) in [6, 6.07) is 6.77. The standard InChI is InChI=1S/C13H15ClN2O/c1-3-4-12(8-15)16-13(17)10-5-9(2)6-11(14)7-10/h5-7,12H,3-4H2,1-2H3,(H,16,17). The van der Waals surface area contributed by atoms with Crippen molar-refractivity contribution in [1.82, 2.24) is 5.32 Å². The number of nitrogens with zero attached hydrogens (tertiary/aromatic N) is 1. The lowest BCUT2D eigenvalue weighted by atomic mass is 10.1. The Morgan fingerprint density at radius 1 is 1.53 bits per heavy atom. The molecule has 0 spiro atoms. The number of carbonyl (C=O) groups is 1. The van der Waals surface area contributed by atoms with Crippen LogP contribution in [0.3, 0.4) is 0 Å². The van der Waals surface area contributed by atoms with Crippen LogP contribution >= 0.6 is 11.6 Å². The van der Waals surface area contributed by atoms with E-state index in [1.165, 1.54) is 0 Å². The van der Waals surface area contributed by atoms with Crippen LogP contribution in [0.2, 0.25) is 5.02 Å². The van der Waals surface area contributed by atoms with Gasteiger partial charge in [-0.1, -0.05) is 24.9 Å². The molecule has 0 saturated carbocycles. The van der Waals surface area contributed by atoms with Crippen LogP contribution in [0.25, 0.3) is 0 Å². The number of amides is 1. The highest BCUT2D eigenvalue weighted by molar-refractivity contribution is 6.31. The van der Waals surface area contributed by atoms with E-state index in [4.69, 9.17) is 16.9 Å². The van der Waals surface area contributed by atoms with Crippen LogP contribution in [-0.2, 0) is 0 Å². The van der Waals surface area contributed by atoms with Crippen molar-refractivity contribution in [1.29, 1.82) is 5.26 Å². The minimum absolute atomic E-state index is 0.254. The van der Waals surface area contributed by atoms with Gasteiger partial charge in [0.05, 0.1) is 6.07 Å². The molecular formula is C13H15ClN2O. The fourth-order valence-electron chi connectivity index (χ4n) is 1.57. The Bertz CT molecular complexity index is 431. The number of rotatable bonds is 4. The average Bonchev–Trinajstić information content (AvgIpc) is 2.27. The molecule has 1 aromatic carbocycles. The first-order valence-electron chi connectivity index (χ1n) is 5.54. The minimum atomic E-state index is -0.438. The third-order valence-corrected chi connectivity index (χ3v) is 2.56. The highest BCUT2D eigenvalue weighted by atomic mass is 35.5. The number of aryl methyl sites for hydroxylation is 1. The van der Waals surface area contributed by atoms with Gasteiger partial charge >= 0.3 is 0 Å². The Morgan fingerprint density at radius 2 is 2.24 bits per heavy atom. The van der Waals surface area contributed by atoms with Gasteiger partial charge in [0.2, 0.25) is 0 Å². The normalized spacial score (nSPS) is 11.6. The van der Waals surface area contributed by atoms with Crippen molar-refractivity contribution in [3.8, 4) is 6.07 Å². The predicted molar refractivity (Wildman–Crippen MR) is 68.0 cm³/mol. The van der Waals surface area contributed by atoms with E-state index in [1.54, 1.807) is 18.2 Å². The van der Waals surface area contributed by atoms with Crippen molar-refractivity contribution in [3.63, 3.8) is 0 Å². The van der Waals surface area contributed by atoms with Gasteiger partial charge in [0.25, 0.3) is 5.91 Å². The fourth-order valence-corrected chi connectivity index (χ4v) is 1.86. The Morgan fingerprint density at radius 3 is 2.76 bits per heavy atom. The quantitative estimate of drug-likeness (QED) is 0.893. The number of nitrogens with one attached hydrogen (secondary N) is 1. The molecule has 0 fully saturated rings. The zero-order chi connectivity index (χ0) is 12.8. The summed E-state index contributed by atoms with van der Waals surface area (Å²) in [6.45, 7) is 3.84. The van der Waals surface area contributed by atoms with Crippen LogP contribution in [0.1, 0.15) is 35.7 Å². The van der Waals surface area contributed by atoms with Crippen molar-refractivity contribution in [3.05, 3.63) is 34.3 Å². The molecule has 17 heavy (non-hydrogen) atoms. The lowest BCUT2D eigenvalue weighted by Gasteiger charge is -2.11. The molecule has 1 amide bonds. The van der Waals surface area contributed by atoms with Gasteiger partial charge in [-0.25, -0.2) is 0 Å². The van der Waals surface area contributed by atoms with Gasteiger partial charge in [-0.15, -0.1) is 0 Å². The first-order chi connectivity index (χ1) is 8.06. The Balaban J connectivity index is 2.79. The second-order valence-electron chi connectivity index (χ2n) is 3.96. The summed E-state index contributed by atoms with van der Waals surface area (Å²) >= 11 is 5.88. The molecule has 1 atom stereocenters. The molecule has 3 nitrogen and oxygen atoms in total. The Hall–Kier alpha value is -1.53. The van der Waals surface area contributed by atoms with Gasteiger partial charge < -0.3 is 5.32 Å². The number of carbonyl (C=O) groups excluding carboxylic acids is 1. The van der Waals surface area contributed by atoms with Gasteiger partial charge in [0.15, 0.2) is 0 Å². The number of benzene rings is 1. The Kier molecular flexibility index (Phi) is 4.99. The van der Waals surface area contributed by atoms with Crippen LogP contribution in [0.4, 0.5) is 0 Å². The monoisotopic (exact) mass is 250 g/mol. The molecule has 1 unspecified atom stereocenters. The molecule has 0 radical (unpaired) electrons. The summed E-state index contributed by atoms with van der Waals surface area (Å²) in [7, 11) is 0. The second-order valence-corrected chi connectivity index (χ2v) is 4.40. The van der Waals surface area contributed by atoms with Crippen molar-refractivity contribution in [2.45, 2.75) is 32.7 Å². The van der Waals surface area contributed by atoms with Gasteiger partial charge in [0.1, 0.15) is 6.04 Å². The van der Waals surface area contributed by atoms with Crippen LogP contribution < -0.4 is 5.32 Å². The molecular weight excluding hydrogens is 236 g/mol. The molecule has 0 saturated heterocycles. The SMILES string of the molecule is CCCC(C#N)NC(=O)c1cc(C)cc(Cl)c1. The van der Waals surface area contributed by atoms with Crippen LogP contribution in [0.15, 0.2) is 18.2 Å². The van der Waals surface area contributed by atoms with Crippen molar-refractivity contribution >= 4 is 17.5 Å². The van der Waals surface area contributed by atoms with Crippen molar-refractivity contribution < 1.29 is 4.79 Å². The highest BCUT2D eigenvalue weighted by Crippen LogP contribution is 2.14. The van der Waals surface area contributed by atoms with E-state index in [-0.39, 0.29) is 5.91 Å². The molecule has 0 aliphatic rings. The molecule has 1 aromatic rings. The third-order valence-electron chi connectivity index (χ3n) is 2.34. The van der Waals surface area contributed by atoms with Gasteiger partial charge in [-0.2, -0.15) is 5.26 Å². The van der Waals surface area contributed by atoms with Crippen LogP contribution in [0.5, 0.6) is 0 Å². The lowest BCUT2D eigenvalue weighted by molar-refractivity contribution is 0.0944. The van der Waals surface area contributed by atoms with Gasteiger partial charge in [0, 0.05) is 10.6 Å². The van der Waals surface area contributed by atoms with E-state index >= 15 is 0 Å². The lowest BCUT2D eigenvalue weighted by Crippen LogP contribution is -2.33. The summed E-state index contributed by atoms with van der Waals surface area (Å²) < 4.78 is 0. The van der Waals surface area contributed by atoms with Crippen LogP contribution in [0, 0.1) is 18.3 Å². The van der Waals surface area contributed by atoms with E-state index in [1.807, 2.05) is 13.8 Å². The van der Waals surface area contributed by atoms with Crippen molar-refractivity contribution in [2.24, 2.45) is 0 Å². The zero-order valence-electron chi connectivity index (χ0n) is 9.96. The number of hydrogen-bond acceptors (Lipinski definition) is 2. The van der Waals surface area contributed by atoms with E-state index in [9.17, 15) is 4.79 Å². The summed E-state index contributed by atoms with van der Waals surface area (Å²) in [5.41, 5.74) is 1.41. The molecule has 0 aromatic heterocycles. The maximum atomic E-state index is 11.9. The molecule has 0 aliphatic carbocycles. The number of hydrogen-bond donors (Lipinski definition) is 1. The summed E-state index contributed by atoms with van der Waals surface area (Å²) in [6.07, 6.45) is 1.51. The minimum Gasteiger partial charge on any atom is -0.336 e. The first kappa shape index (κ1) is 13.5. The summed E-state index contributed by atoms with van der Waals surface area (Å²) in [4.78, 5) is 11.9. The molecule has 0 bridgehead atoms. The summed E-state index contributed by atoms with van der Waals surface area (Å²) in [5.74, 6) is -0.254. The van der Waals surface area contributed by atoms with E-state index < -0.39 is 6.04 Å². The fraction of sp³-hybridized carbons (Fsp3) is 0.385. The highest BCUT2D eigenvalue weighted by Gasteiger charge is 2.12. The van der Waals surface area contributed by atoms with Crippen molar-refractivity contribution in [2.75, 3.05) is 0 Å². The molecule has 1 N–H and O–H groups in total. The maximum absolute atomic E-state index is 11.9. The summed E-state index contributed by atoms with van der Waals surface area (Å²) in [5, 5.41) is 12.1. The molecule has 90 valence electrons. The second kappa shape index (κ2) is 6.27. The van der Waals surface area contributed by atoms with E-state index in [0.29, 0.717) is 17.0 Å². The molecule has 0 heterocycles. The van der Waals surface area contributed by atoms with E-state index in [0.717, 1.165) is 12.0 Å². The van der Waals surface area contributed by atoms with Crippen LogP contribution in [-0.4, -0.2) is 11.9 Å². The molecule has 4 heteroatoms. The van der Waals surface area contributed by atoms with E-state index in [2.05, 4.69) is 11.4 Å². The number of halogens is 1. The molecule has 0 aliphatic heterocycles. The topological polar surface area (TPSA) is 52.9 Å². The largest absolute Gasteiger partial charge is 0.336 e. The smallest absolute Gasteiger partial charge is 0.252 e. The maximum Gasteiger partial charge on any atom is 0.252 e. The number of nitriles is 1. The average molecular weight is 251 g/mol. The van der Waals surface area contributed by atoms with Gasteiger partial charge in [-0.05, 0) is 37.1 Å². The third kappa shape index (κ3) is 4.08. The zero-order valence-corrected chi connectivity index (χ0v) is 10.7. The molecule has 1 rings (SSSR count). The van der Waals surface area contributed by atoms with Gasteiger partial charge in [-0.3, -0.25) is 4.79 Å². The first-order valence-corrected chi connectivity index (χ1v) is 5.92. The predicted octanol–water partition coefficient (Wildman–Crippen LogP) is 3.07.